The number of rotatable bonds is 2. The molecule has 4 nitrogen and oxygen atoms in total. The van der Waals surface area contributed by atoms with Crippen LogP contribution >= 0.6 is 0 Å². The van der Waals surface area contributed by atoms with E-state index in [1.54, 1.807) is 0 Å². The van der Waals surface area contributed by atoms with Crippen LogP contribution < -0.4 is 0 Å². The monoisotopic (exact) mass is 338 g/mol. The quantitative estimate of drug-likeness (QED) is 0.554. The number of hydrogen-bond acceptors (Lipinski definition) is 4. The van der Waals surface area contributed by atoms with E-state index in [9.17, 15) is 17.8 Å². The van der Waals surface area contributed by atoms with Crippen LogP contribution in [0.25, 0.3) is 0 Å². The molecule has 0 aromatic rings. The Labute approximate surface area is 111 Å². The van der Waals surface area contributed by atoms with E-state index in [2.05, 4.69) is 0 Å². The van der Waals surface area contributed by atoms with Gasteiger partial charge in [0.2, 0.25) is 0 Å². The van der Waals surface area contributed by atoms with E-state index >= 15 is 0 Å². The zero-order valence-electron chi connectivity index (χ0n) is 9.25. The van der Waals surface area contributed by atoms with Crippen LogP contribution in [0.15, 0.2) is 0 Å². The molecule has 2 aliphatic rings. The summed E-state index contributed by atoms with van der Waals surface area (Å²) in [5.41, 5.74) is -1.22. The molecular weight excluding hydrogens is 324 g/mol. The standard InChI is InChI=1S/C10H16O4S.Ag/c1-9(2)7-3-4-10(9,8(11)5-7)6-15(12,13)14;/h7H,3-6H2,1-2H3,(H,12,13,14);/q;+1/p-1. The molecule has 2 unspecified atom stereocenters. The molecule has 0 saturated heterocycles. The van der Waals surface area contributed by atoms with Gasteiger partial charge in [0.05, 0.1) is 15.9 Å². The third-order valence-corrected chi connectivity index (χ3v) is 5.41. The van der Waals surface area contributed by atoms with Gasteiger partial charge in [-0.05, 0) is 24.2 Å². The van der Waals surface area contributed by atoms with Gasteiger partial charge in [-0.2, -0.15) is 0 Å². The van der Waals surface area contributed by atoms with Gasteiger partial charge in [0.15, 0.2) is 0 Å². The maximum Gasteiger partial charge on any atom is 1.00 e. The molecular formula is C10H15AgO4S. The summed E-state index contributed by atoms with van der Waals surface area (Å²) in [6, 6.07) is 0. The Bertz CT molecular complexity index is 415. The zero-order valence-corrected chi connectivity index (χ0v) is 11.5. The van der Waals surface area contributed by atoms with Crippen LogP contribution in [0.3, 0.4) is 0 Å². The fourth-order valence-corrected chi connectivity index (χ4v) is 4.69. The molecule has 0 aromatic carbocycles. The Hall–Kier alpha value is 0.320. The van der Waals surface area contributed by atoms with Crippen molar-refractivity contribution >= 4 is 15.9 Å². The van der Waals surface area contributed by atoms with Crippen molar-refractivity contribution in [1.29, 1.82) is 0 Å². The van der Waals surface area contributed by atoms with E-state index in [1.807, 2.05) is 13.8 Å². The summed E-state index contributed by atoms with van der Waals surface area (Å²) in [4.78, 5) is 11.8. The molecule has 6 heteroatoms. The van der Waals surface area contributed by atoms with Gasteiger partial charge in [0.1, 0.15) is 5.78 Å². The number of fused-ring (bicyclic) bond motifs is 2. The minimum absolute atomic E-state index is 0. The first-order valence-corrected chi connectivity index (χ1v) is 6.74. The fourth-order valence-electron chi connectivity index (χ4n) is 3.41. The minimum atomic E-state index is -4.33. The third kappa shape index (κ3) is 1.82. The van der Waals surface area contributed by atoms with Crippen molar-refractivity contribution in [1.82, 2.24) is 0 Å². The van der Waals surface area contributed by atoms with Gasteiger partial charge in [-0.3, -0.25) is 4.79 Å². The Morgan fingerprint density at radius 1 is 1.44 bits per heavy atom. The second kappa shape index (κ2) is 3.92. The van der Waals surface area contributed by atoms with E-state index in [1.165, 1.54) is 0 Å². The second-order valence-corrected chi connectivity index (χ2v) is 6.77. The molecule has 16 heavy (non-hydrogen) atoms. The summed E-state index contributed by atoms with van der Waals surface area (Å²) in [5, 5.41) is 0. The van der Waals surface area contributed by atoms with Gasteiger partial charge in [-0.25, -0.2) is 8.42 Å². The zero-order chi connectivity index (χ0) is 11.5. The normalized spacial score (nSPS) is 36.2. The van der Waals surface area contributed by atoms with E-state index in [4.69, 9.17) is 0 Å². The molecule has 2 saturated carbocycles. The third-order valence-electron chi connectivity index (χ3n) is 4.56. The predicted octanol–water partition coefficient (Wildman–Crippen LogP) is 0.924. The first kappa shape index (κ1) is 14.4. The van der Waals surface area contributed by atoms with E-state index in [0.29, 0.717) is 12.8 Å². The van der Waals surface area contributed by atoms with Crippen molar-refractivity contribution in [2.24, 2.45) is 16.7 Å². The van der Waals surface area contributed by atoms with Crippen LogP contribution in [0.5, 0.6) is 0 Å². The summed E-state index contributed by atoms with van der Waals surface area (Å²) >= 11 is 0. The number of ketones is 1. The van der Waals surface area contributed by atoms with E-state index in [0.717, 1.165) is 6.42 Å². The van der Waals surface area contributed by atoms with Gasteiger partial charge in [-0.15, -0.1) is 0 Å². The van der Waals surface area contributed by atoms with E-state index < -0.39 is 21.3 Å². The number of Topliss-reactive ketones (excluding diaryl/α,β-unsaturated/α-hetero) is 1. The number of carbonyl (C=O) groups is 1. The van der Waals surface area contributed by atoms with Gasteiger partial charge < -0.3 is 4.55 Å². The molecule has 0 aliphatic heterocycles. The summed E-state index contributed by atoms with van der Waals surface area (Å²) in [6.07, 6.45) is 1.88. The predicted molar refractivity (Wildman–Crippen MR) is 53.1 cm³/mol. The molecule has 0 N–H and O–H groups in total. The summed E-state index contributed by atoms with van der Waals surface area (Å²) < 4.78 is 32.7. The van der Waals surface area contributed by atoms with E-state index in [-0.39, 0.29) is 39.5 Å². The van der Waals surface area contributed by atoms with Crippen LogP contribution in [-0.4, -0.2) is 24.5 Å². The molecule has 0 spiro atoms. The average molecular weight is 339 g/mol. The Kier molecular flexibility index (Phi) is 3.52. The van der Waals surface area contributed by atoms with Gasteiger partial charge in [0, 0.05) is 11.8 Å². The molecule has 0 heterocycles. The molecule has 0 radical (unpaired) electrons. The molecule has 0 amide bonds. The van der Waals surface area contributed by atoms with Crippen LogP contribution in [0.2, 0.25) is 0 Å². The number of carbonyl (C=O) groups excluding carboxylic acids is 1. The molecule has 2 rings (SSSR count). The van der Waals surface area contributed by atoms with Crippen LogP contribution in [0.4, 0.5) is 0 Å². The fraction of sp³-hybridized carbons (Fsp3) is 0.900. The first-order valence-electron chi connectivity index (χ1n) is 5.16. The maximum atomic E-state index is 11.8. The van der Waals surface area contributed by atoms with Crippen molar-refractivity contribution in [3.05, 3.63) is 0 Å². The molecule has 2 aliphatic carbocycles. The SMILES string of the molecule is CC1(C)C2CCC1(CS(=O)(=O)[O-])C(=O)C2.[Ag+]. The Balaban J connectivity index is 0.00000128. The van der Waals surface area contributed by atoms with Crippen molar-refractivity contribution in [3.8, 4) is 0 Å². The molecule has 2 fully saturated rings. The van der Waals surface area contributed by atoms with Crippen LogP contribution in [0.1, 0.15) is 33.1 Å². The topological polar surface area (TPSA) is 74.3 Å². The second-order valence-electron chi connectivity index (χ2n) is 5.37. The van der Waals surface area contributed by atoms with Crippen LogP contribution in [0, 0.1) is 16.7 Å². The van der Waals surface area contributed by atoms with Crippen LogP contribution in [-0.2, 0) is 37.3 Å². The van der Waals surface area contributed by atoms with Gasteiger partial charge in [0.25, 0.3) is 0 Å². The minimum Gasteiger partial charge on any atom is -0.748 e. The average Bonchev–Trinajstić information content (AvgIpc) is 2.34. The molecule has 2 bridgehead atoms. The molecule has 2 atom stereocenters. The Morgan fingerprint density at radius 2 is 2.00 bits per heavy atom. The van der Waals surface area contributed by atoms with Crippen molar-refractivity contribution in [2.45, 2.75) is 33.1 Å². The number of hydrogen-bond donors (Lipinski definition) is 0. The maximum absolute atomic E-state index is 11.8. The molecule has 96 valence electrons. The van der Waals surface area contributed by atoms with Crippen molar-refractivity contribution < 1.29 is 40.1 Å². The first-order chi connectivity index (χ1) is 6.69. The Morgan fingerprint density at radius 3 is 2.31 bits per heavy atom. The summed E-state index contributed by atoms with van der Waals surface area (Å²) in [7, 11) is -4.33. The van der Waals surface area contributed by atoms with Crippen molar-refractivity contribution in [3.63, 3.8) is 0 Å². The van der Waals surface area contributed by atoms with Gasteiger partial charge in [-0.1, -0.05) is 13.8 Å². The smallest absolute Gasteiger partial charge is 0.748 e. The van der Waals surface area contributed by atoms with Crippen molar-refractivity contribution in [2.75, 3.05) is 5.75 Å². The summed E-state index contributed by atoms with van der Waals surface area (Å²) in [5.74, 6) is -0.280. The largest absolute Gasteiger partial charge is 1.00 e. The molecule has 0 aromatic heterocycles. The summed E-state index contributed by atoms with van der Waals surface area (Å²) in [6.45, 7) is 3.83. The van der Waals surface area contributed by atoms with Gasteiger partial charge >= 0.3 is 22.4 Å².